The summed E-state index contributed by atoms with van der Waals surface area (Å²) in [6.07, 6.45) is 5.83. The Morgan fingerprint density at radius 2 is 1.80 bits per heavy atom. The van der Waals surface area contributed by atoms with Crippen molar-refractivity contribution in [2.45, 2.75) is 70.5 Å². The number of amides is 2. The fourth-order valence-corrected chi connectivity index (χ4v) is 6.59. The Morgan fingerprint density at radius 1 is 1.07 bits per heavy atom. The average Bonchev–Trinajstić information content (AvgIpc) is 3.58. The van der Waals surface area contributed by atoms with Gasteiger partial charge in [0.25, 0.3) is 0 Å². The third-order valence-corrected chi connectivity index (χ3v) is 9.02. The summed E-state index contributed by atoms with van der Waals surface area (Å²) < 4.78 is 37.2. The number of nitrogens with one attached hydrogen (secondary N) is 1. The number of sulfonamides is 1. The van der Waals surface area contributed by atoms with Gasteiger partial charge < -0.3 is 19.7 Å². The van der Waals surface area contributed by atoms with Crippen LogP contribution < -0.4 is 19.1 Å². The van der Waals surface area contributed by atoms with E-state index >= 15 is 0 Å². The molecule has 1 fully saturated rings. The summed E-state index contributed by atoms with van der Waals surface area (Å²) in [5.41, 5.74) is 1.09. The van der Waals surface area contributed by atoms with Gasteiger partial charge in [-0.3, -0.25) is 13.9 Å². The highest BCUT2D eigenvalue weighted by Crippen LogP contribution is 2.36. The van der Waals surface area contributed by atoms with Crippen molar-refractivity contribution in [3.8, 4) is 11.5 Å². The molecule has 2 aromatic rings. The first-order valence-corrected chi connectivity index (χ1v) is 16.1. The van der Waals surface area contributed by atoms with Gasteiger partial charge in [0.15, 0.2) is 11.5 Å². The highest BCUT2D eigenvalue weighted by molar-refractivity contribution is 7.92. The van der Waals surface area contributed by atoms with Crippen LogP contribution in [0.25, 0.3) is 0 Å². The van der Waals surface area contributed by atoms with Crippen molar-refractivity contribution in [2.24, 2.45) is 0 Å². The molecule has 1 heterocycles. The molecule has 0 bridgehead atoms. The first kappa shape index (κ1) is 30.3. The third kappa shape index (κ3) is 7.53. The number of halogens is 2. The van der Waals surface area contributed by atoms with Crippen LogP contribution in [0.3, 0.4) is 0 Å². The SMILES string of the molecule is CCC(C(=O)NC1CCCC1)N(Cc1ccc(Cl)cc1Cl)C(=O)CCCN(c1ccc2c(c1)OCO2)S(C)(=O)=O. The Bertz CT molecular complexity index is 1330. The van der Waals surface area contributed by atoms with Gasteiger partial charge in [0.05, 0.1) is 11.9 Å². The van der Waals surface area contributed by atoms with E-state index in [-0.39, 0.29) is 50.6 Å². The molecule has 9 nitrogen and oxygen atoms in total. The van der Waals surface area contributed by atoms with E-state index in [1.54, 1.807) is 41.3 Å². The van der Waals surface area contributed by atoms with E-state index in [9.17, 15) is 18.0 Å². The second kappa shape index (κ2) is 13.3. The Hall–Kier alpha value is -2.69. The lowest BCUT2D eigenvalue weighted by Gasteiger charge is -2.32. The number of carbonyl (C=O) groups excluding carboxylic acids is 2. The van der Waals surface area contributed by atoms with Gasteiger partial charge >= 0.3 is 0 Å². The number of fused-ring (bicyclic) bond motifs is 1. The highest BCUT2D eigenvalue weighted by Gasteiger charge is 2.31. The normalized spacial score (nSPS) is 15.6. The van der Waals surface area contributed by atoms with E-state index in [1.165, 1.54) is 4.31 Å². The maximum absolute atomic E-state index is 13.7. The number of hydrogen-bond donors (Lipinski definition) is 1. The summed E-state index contributed by atoms with van der Waals surface area (Å²) in [5.74, 6) is 0.558. The number of nitrogens with zero attached hydrogens (tertiary/aromatic N) is 2. The first-order valence-electron chi connectivity index (χ1n) is 13.5. The summed E-state index contributed by atoms with van der Waals surface area (Å²) >= 11 is 12.5. The number of rotatable bonds is 12. The molecule has 0 radical (unpaired) electrons. The predicted octanol–water partition coefficient (Wildman–Crippen LogP) is 5.13. The standard InChI is InChI=1S/C28H35Cl2N3O6S/c1-3-24(28(35)31-21-7-4-5-8-21)32(17-19-10-11-20(29)15-23(19)30)27(34)9-6-14-33(40(2,36)37)22-12-13-25-26(16-22)39-18-38-25/h10-13,15-16,21,24H,3-9,14,17-18H2,1-2H3,(H,31,35). The van der Waals surface area contributed by atoms with Gasteiger partial charge in [-0.25, -0.2) is 8.42 Å². The topological polar surface area (TPSA) is 105 Å². The summed E-state index contributed by atoms with van der Waals surface area (Å²) in [4.78, 5) is 28.5. The Balaban J connectivity index is 1.50. The van der Waals surface area contributed by atoms with Crippen molar-refractivity contribution in [3.05, 3.63) is 52.0 Å². The molecule has 40 heavy (non-hydrogen) atoms. The van der Waals surface area contributed by atoms with Crippen molar-refractivity contribution in [1.82, 2.24) is 10.2 Å². The minimum Gasteiger partial charge on any atom is -0.454 e. The van der Waals surface area contributed by atoms with E-state index in [0.29, 0.717) is 39.2 Å². The molecule has 12 heteroatoms. The van der Waals surface area contributed by atoms with Gasteiger partial charge in [0.2, 0.25) is 28.6 Å². The maximum atomic E-state index is 13.7. The lowest BCUT2D eigenvalue weighted by molar-refractivity contribution is -0.141. The lowest BCUT2D eigenvalue weighted by atomic mass is 10.1. The van der Waals surface area contributed by atoms with Gasteiger partial charge in [0.1, 0.15) is 6.04 Å². The van der Waals surface area contributed by atoms with Gasteiger partial charge in [-0.15, -0.1) is 0 Å². The summed E-state index contributed by atoms with van der Waals surface area (Å²) in [7, 11) is -3.64. The van der Waals surface area contributed by atoms with Crippen LogP contribution in [0.4, 0.5) is 5.69 Å². The predicted molar refractivity (Wildman–Crippen MR) is 155 cm³/mol. The zero-order chi connectivity index (χ0) is 28.9. The molecule has 1 atom stereocenters. The quantitative estimate of drug-likeness (QED) is 0.356. The molecule has 2 amide bonds. The second-order valence-electron chi connectivity index (χ2n) is 10.1. The average molecular weight is 613 g/mol. The van der Waals surface area contributed by atoms with Crippen LogP contribution in [0.2, 0.25) is 10.0 Å². The van der Waals surface area contributed by atoms with Crippen molar-refractivity contribution >= 4 is 50.7 Å². The number of benzene rings is 2. The molecule has 1 aliphatic heterocycles. The molecule has 218 valence electrons. The maximum Gasteiger partial charge on any atom is 0.243 e. The van der Waals surface area contributed by atoms with E-state index < -0.39 is 16.1 Å². The Morgan fingerprint density at radius 3 is 2.48 bits per heavy atom. The lowest BCUT2D eigenvalue weighted by Crippen LogP contribution is -2.51. The van der Waals surface area contributed by atoms with E-state index in [4.69, 9.17) is 32.7 Å². The summed E-state index contributed by atoms with van der Waals surface area (Å²) in [5, 5.41) is 3.99. The zero-order valence-corrected chi connectivity index (χ0v) is 25.0. The summed E-state index contributed by atoms with van der Waals surface area (Å²) in [6, 6.07) is 9.38. The van der Waals surface area contributed by atoms with E-state index in [1.807, 2.05) is 6.92 Å². The third-order valence-electron chi connectivity index (χ3n) is 7.24. The van der Waals surface area contributed by atoms with Gasteiger partial charge in [-0.1, -0.05) is 49.0 Å². The highest BCUT2D eigenvalue weighted by atomic mass is 35.5. The van der Waals surface area contributed by atoms with Crippen LogP contribution in [0, 0.1) is 0 Å². The molecule has 0 spiro atoms. The minimum atomic E-state index is -3.64. The Labute approximate surface area is 245 Å². The molecule has 2 aliphatic rings. The van der Waals surface area contributed by atoms with Gasteiger partial charge in [0, 0.05) is 41.7 Å². The van der Waals surface area contributed by atoms with Crippen LogP contribution in [0.15, 0.2) is 36.4 Å². The number of carbonyl (C=O) groups is 2. The monoisotopic (exact) mass is 611 g/mol. The fourth-order valence-electron chi connectivity index (χ4n) is 5.16. The van der Waals surface area contributed by atoms with Crippen LogP contribution >= 0.6 is 23.2 Å². The smallest absolute Gasteiger partial charge is 0.243 e. The van der Waals surface area contributed by atoms with Crippen LogP contribution in [0.5, 0.6) is 11.5 Å². The van der Waals surface area contributed by atoms with Crippen LogP contribution in [-0.2, 0) is 26.2 Å². The molecule has 1 saturated carbocycles. The van der Waals surface area contributed by atoms with Crippen molar-refractivity contribution < 1.29 is 27.5 Å². The van der Waals surface area contributed by atoms with Crippen molar-refractivity contribution in [3.63, 3.8) is 0 Å². The number of anilines is 1. The van der Waals surface area contributed by atoms with Crippen LogP contribution in [-0.4, -0.2) is 56.8 Å². The Kier molecular flexibility index (Phi) is 10.1. The zero-order valence-electron chi connectivity index (χ0n) is 22.7. The second-order valence-corrected chi connectivity index (χ2v) is 12.9. The largest absolute Gasteiger partial charge is 0.454 e. The van der Waals surface area contributed by atoms with E-state index in [2.05, 4.69) is 5.32 Å². The molecule has 2 aromatic carbocycles. The molecular formula is C28H35Cl2N3O6S. The first-order chi connectivity index (χ1) is 19.1. The molecule has 0 aromatic heterocycles. The van der Waals surface area contributed by atoms with Gasteiger partial charge in [-0.2, -0.15) is 0 Å². The number of ether oxygens (including phenoxy) is 2. The van der Waals surface area contributed by atoms with Crippen molar-refractivity contribution in [1.29, 1.82) is 0 Å². The molecule has 4 rings (SSSR count). The van der Waals surface area contributed by atoms with E-state index in [0.717, 1.165) is 31.9 Å². The molecule has 1 N–H and O–H groups in total. The minimum absolute atomic E-state index is 0.0367. The van der Waals surface area contributed by atoms with Gasteiger partial charge in [-0.05, 0) is 55.5 Å². The van der Waals surface area contributed by atoms with Crippen LogP contribution in [0.1, 0.15) is 57.4 Å². The summed E-state index contributed by atoms with van der Waals surface area (Å²) in [6.45, 7) is 2.15. The number of hydrogen-bond acceptors (Lipinski definition) is 6. The van der Waals surface area contributed by atoms with Crippen molar-refractivity contribution in [2.75, 3.05) is 23.9 Å². The molecular weight excluding hydrogens is 577 g/mol. The fraction of sp³-hybridized carbons (Fsp3) is 0.500. The molecule has 1 unspecified atom stereocenters. The molecule has 1 aliphatic carbocycles. The molecule has 0 saturated heterocycles.